The van der Waals surface area contributed by atoms with Crippen LogP contribution in [0.2, 0.25) is 5.02 Å². The number of ether oxygens (including phenoxy) is 1. The van der Waals surface area contributed by atoms with E-state index in [1.807, 2.05) is 19.9 Å². The van der Waals surface area contributed by atoms with Crippen molar-refractivity contribution in [2.75, 3.05) is 11.3 Å². The third-order valence-electron chi connectivity index (χ3n) is 3.19. The summed E-state index contributed by atoms with van der Waals surface area (Å²) in [6.07, 6.45) is 1.38. The first-order chi connectivity index (χ1) is 10.8. The normalized spacial score (nSPS) is 11.5. The number of hydrogen-bond donors (Lipinski definition) is 1. The van der Waals surface area contributed by atoms with Gasteiger partial charge in [-0.3, -0.25) is 4.72 Å². The van der Waals surface area contributed by atoms with Gasteiger partial charge in [0.1, 0.15) is 16.5 Å². The van der Waals surface area contributed by atoms with Gasteiger partial charge in [0.15, 0.2) is 0 Å². The number of anilines is 1. The Hall–Kier alpha value is -1.79. The second-order valence-corrected chi connectivity index (χ2v) is 7.35. The molecule has 0 amide bonds. The van der Waals surface area contributed by atoms with E-state index in [2.05, 4.69) is 9.71 Å². The molecule has 0 atom stereocenters. The van der Waals surface area contributed by atoms with E-state index in [9.17, 15) is 8.42 Å². The monoisotopic (exact) mass is 354 g/mol. The van der Waals surface area contributed by atoms with Crippen molar-refractivity contribution in [2.24, 2.45) is 0 Å². The molecule has 0 aliphatic heterocycles. The molecule has 124 valence electrons. The predicted octanol–water partition coefficient (Wildman–Crippen LogP) is 4.06. The van der Waals surface area contributed by atoms with Crippen molar-refractivity contribution in [3.63, 3.8) is 0 Å². The molecule has 23 heavy (non-hydrogen) atoms. The van der Waals surface area contributed by atoms with Crippen molar-refractivity contribution in [1.82, 2.24) is 4.98 Å². The van der Waals surface area contributed by atoms with E-state index in [0.29, 0.717) is 17.4 Å². The third kappa shape index (κ3) is 4.36. The van der Waals surface area contributed by atoms with Crippen LogP contribution in [0, 0.1) is 0 Å². The fourth-order valence-electron chi connectivity index (χ4n) is 2.00. The zero-order valence-electron chi connectivity index (χ0n) is 13.2. The molecule has 7 heteroatoms. The molecule has 1 N–H and O–H groups in total. The van der Waals surface area contributed by atoms with Crippen molar-refractivity contribution < 1.29 is 13.2 Å². The second-order valence-electron chi connectivity index (χ2n) is 5.26. The van der Waals surface area contributed by atoms with E-state index in [-0.39, 0.29) is 16.6 Å². The first-order valence-corrected chi connectivity index (χ1v) is 9.10. The molecule has 2 aromatic rings. The summed E-state index contributed by atoms with van der Waals surface area (Å²) in [4.78, 5) is 4.06. The first-order valence-electron chi connectivity index (χ1n) is 7.24. The van der Waals surface area contributed by atoms with Gasteiger partial charge in [0.25, 0.3) is 10.0 Å². The Morgan fingerprint density at radius 3 is 2.57 bits per heavy atom. The number of hydrogen-bond acceptors (Lipinski definition) is 4. The van der Waals surface area contributed by atoms with Crippen LogP contribution in [-0.2, 0) is 10.0 Å². The van der Waals surface area contributed by atoms with E-state index >= 15 is 0 Å². The van der Waals surface area contributed by atoms with E-state index < -0.39 is 10.0 Å². The fraction of sp³-hybridized carbons (Fsp3) is 0.312. The van der Waals surface area contributed by atoms with Gasteiger partial charge in [0.05, 0.1) is 11.6 Å². The maximum Gasteiger partial charge on any atom is 0.266 e. The number of rotatable bonds is 6. The van der Waals surface area contributed by atoms with Gasteiger partial charge in [-0.25, -0.2) is 13.4 Å². The molecule has 0 saturated carbocycles. The third-order valence-corrected chi connectivity index (χ3v) is 4.79. The summed E-state index contributed by atoms with van der Waals surface area (Å²) in [7, 11) is -3.82. The van der Waals surface area contributed by atoms with Crippen LogP contribution in [0.25, 0.3) is 0 Å². The van der Waals surface area contributed by atoms with E-state index in [1.54, 1.807) is 25.1 Å². The summed E-state index contributed by atoms with van der Waals surface area (Å²) >= 11 is 5.76. The number of nitrogens with zero attached hydrogens (tertiary/aromatic N) is 1. The lowest BCUT2D eigenvalue weighted by molar-refractivity contribution is 0.331. The fourth-order valence-corrected chi connectivity index (χ4v) is 3.30. The largest absolute Gasteiger partial charge is 0.492 e. The quantitative estimate of drug-likeness (QED) is 0.849. The van der Waals surface area contributed by atoms with Crippen LogP contribution in [0.4, 0.5) is 5.82 Å². The number of sulfonamides is 1. The van der Waals surface area contributed by atoms with E-state index in [0.717, 1.165) is 5.56 Å². The topological polar surface area (TPSA) is 68.3 Å². The Bertz CT molecular complexity index is 774. The van der Waals surface area contributed by atoms with Crippen LogP contribution in [-0.4, -0.2) is 20.0 Å². The van der Waals surface area contributed by atoms with Gasteiger partial charge in [-0.1, -0.05) is 31.5 Å². The summed E-state index contributed by atoms with van der Waals surface area (Å²) in [5.74, 6) is 0.721. The number of benzene rings is 1. The van der Waals surface area contributed by atoms with Gasteiger partial charge in [0, 0.05) is 6.20 Å². The van der Waals surface area contributed by atoms with Crippen molar-refractivity contribution >= 4 is 27.4 Å². The Labute approximate surface area is 141 Å². The Kier molecular flexibility index (Phi) is 5.49. The Balaban J connectivity index is 2.43. The highest BCUT2D eigenvalue weighted by atomic mass is 35.5. The molecule has 5 nitrogen and oxygen atoms in total. The van der Waals surface area contributed by atoms with Crippen LogP contribution in [0.1, 0.15) is 32.3 Å². The van der Waals surface area contributed by atoms with E-state index in [1.165, 1.54) is 12.3 Å². The van der Waals surface area contributed by atoms with Gasteiger partial charge in [-0.15, -0.1) is 0 Å². The molecule has 1 aromatic heterocycles. The Morgan fingerprint density at radius 1 is 1.26 bits per heavy atom. The van der Waals surface area contributed by atoms with Crippen molar-refractivity contribution in [1.29, 1.82) is 0 Å². The van der Waals surface area contributed by atoms with Crippen LogP contribution < -0.4 is 9.46 Å². The highest BCUT2D eigenvalue weighted by molar-refractivity contribution is 7.92. The molecule has 0 aliphatic rings. The summed E-state index contributed by atoms with van der Waals surface area (Å²) in [5.41, 5.74) is 0.915. The molecular weight excluding hydrogens is 336 g/mol. The second kappa shape index (κ2) is 7.19. The molecule has 0 unspecified atom stereocenters. The molecule has 0 bridgehead atoms. The highest BCUT2D eigenvalue weighted by Gasteiger charge is 2.21. The van der Waals surface area contributed by atoms with Gasteiger partial charge >= 0.3 is 0 Å². The molecule has 0 spiro atoms. The average Bonchev–Trinajstić information content (AvgIpc) is 2.50. The van der Waals surface area contributed by atoms with Gasteiger partial charge in [-0.2, -0.15) is 0 Å². The number of nitrogens with one attached hydrogen (secondary N) is 1. The first kappa shape index (κ1) is 17.6. The van der Waals surface area contributed by atoms with Crippen molar-refractivity contribution in [2.45, 2.75) is 31.6 Å². The lowest BCUT2D eigenvalue weighted by atomic mass is 10.0. The van der Waals surface area contributed by atoms with Crippen molar-refractivity contribution in [3.8, 4) is 5.75 Å². The molecule has 2 rings (SSSR count). The summed E-state index contributed by atoms with van der Waals surface area (Å²) in [5, 5.41) is 0.435. The lowest BCUT2D eigenvalue weighted by Gasteiger charge is -2.15. The van der Waals surface area contributed by atoms with E-state index in [4.69, 9.17) is 16.3 Å². The minimum absolute atomic E-state index is 0.0994. The summed E-state index contributed by atoms with van der Waals surface area (Å²) in [6, 6.07) is 8.26. The van der Waals surface area contributed by atoms with Crippen molar-refractivity contribution in [3.05, 3.63) is 47.1 Å². The van der Waals surface area contributed by atoms with Crippen LogP contribution >= 0.6 is 11.6 Å². The highest BCUT2D eigenvalue weighted by Crippen LogP contribution is 2.29. The number of aromatic nitrogens is 1. The molecule has 0 fully saturated rings. The maximum atomic E-state index is 12.7. The number of halogens is 1. The molecule has 0 aliphatic carbocycles. The molecular formula is C16H19ClN2O3S. The van der Waals surface area contributed by atoms with Crippen LogP contribution in [0.3, 0.4) is 0 Å². The molecule has 0 radical (unpaired) electrons. The standard InChI is InChI=1S/C16H19ClN2O3S/c1-4-22-14-7-5-12(11(2)3)9-15(14)23(20,21)19-16-8-6-13(17)10-18-16/h5-11H,4H2,1-3H3,(H,18,19). The zero-order chi connectivity index (χ0) is 17.0. The van der Waals surface area contributed by atoms with Gasteiger partial charge < -0.3 is 4.74 Å². The van der Waals surface area contributed by atoms with Crippen LogP contribution in [0.15, 0.2) is 41.4 Å². The van der Waals surface area contributed by atoms with Crippen LogP contribution in [0.5, 0.6) is 5.75 Å². The minimum atomic E-state index is -3.82. The van der Waals surface area contributed by atoms with Gasteiger partial charge in [-0.05, 0) is 42.7 Å². The maximum absolute atomic E-state index is 12.7. The average molecular weight is 355 g/mol. The minimum Gasteiger partial charge on any atom is -0.492 e. The summed E-state index contributed by atoms with van der Waals surface area (Å²) < 4.78 is 33.3. The SMILES string of the molecule is CCOc1ccc(C(C)C)cc1S(=O)(=O)Nc1ccc(Cl)cn1. The number of pyridine rings is 1. The van der Waals surface area contributed by atoms with Gasteiger partial charge in [0.2, 0.25) is 0 Å². The lowest BCUT2D eigenvalue weighted by Crippen LogP contribution is -2.15. The molecule has 1 heterocycles. The summed E-state index contributed by atoms with van der Waals surface area (Å²) in [6.45, 7) is 6.18. The zero-order valence-corrected chi connectivity index (χ0v) is 14.8. The molecule has 1 aromatic carbocycles. The predicted molar refractivity (Wildman–Crippen MR) is 91.8 cm³/mol. The molecule has 0 saturated heterocycles. The Morgan fingerprint density at radius 2 is 2.00 bits per heavy atom. The smallest absolute Gasteiger partial charge is 0.266 e.